The summed E-state index contributed by atoms with van der Waals surface area (Å²) in [5, 5.41) is 12.1. The highest BCUT2D eigenvalue weighted by Crippen LogP contribution is 2.25. The minimum Gasteiger partial charge on any atom is -0.465 e. The first kappa shape index (κ1) is 16.8. The molecule has 0 aromatic rings. The summed E-state index contributed by atoms with van der Waals surface area (Å²) in [7, 11) is 0. The van der Waals surface area contributed by atoms with Crippen LogP contribution in [0.25, 0.3) is 0 Å². The number of unbranched alkanes of at least 4 members (excludes halogenated alkanes) is 3. The highest BCUT2D eigenvalue weighted by Gasteiger charge is 2.21. The summed E-state index contributed by atoms with van der Waals surface area (Å²) in [5.41, 5.74) is 0. The van der Waals surface area contributed by atoms with E-state index >= 15 is 0 Å². The minimum atomic E-state index is -0.915. The van der Waals surface area contributed by atoms with Crippen molar-refractivity contribution >= 4 is 22.0 Å². The van der Waals surface area contributed by atoms with E-state index in [9.17, 15) is 4.79 Å². The fraction of sp³-hybridized carbons (Fsp3) is 0.929. The average molecular weight is 336 g/mol. The van der Waals surface area contributed by atoms with E-state index in [0.717, 1.165) is 44.0 Å². The maximum absolute atomic E-state index is 10.4. The Morgan fingerprint density at radius 1 is 1.16 bits per heavy atom. The molecule has 0 spiro atoms. The molecule has 0 aromatic heterocycles. The number of alkyl halides is 1. The maximum atomic E-state index is 10.4. The molecule has 0 radical (unpaired) electrons. The number of rotatable bonds is 9. The van der Waals surface area contributed by atoms with Gasteiger partial charge in [-0.15, -0.1) is 0 Å². The largest absolute Gasteiger partial charge is 0.465 e. The molecule has 0 unspecified atom stereocenters. The first-order valence-corrected chi connectivity index (χ1v) is 8.49. The highest BCUT2D eigenvalue weighted by atomic mass is 79.9. The molecule has 1 aliphatic rings. The number of halogens is 1. The number of carbonyl (C=O) groups is 1. The van der Waals surface area contributed by atoms with Crippen molar-refractivity contribution in [3.8, 4) is 0 Å². The summed E-state index contributed by atoms with van der Waals surface area (Å²) in [6.45, 7) is 1.47. The summed E-state index contributed by atoms with van der Waals surface area (Å²) < 4.78 is 5.89. The van der Waals surface area contributed by atoms with Crippen LogP contribution in [0.3, 0.4) is 0 Å². The van der Waals surface area contributed by atoms with Crippen molar-refractivity contribution in [3.05, 3.63) is 0 Å². The first-order chi connectivity index (χ1) is 9.22. The molecular formula is C14H26BrNO3. The second kappa shape index (κ2) is 10.5. The van der Waals surface area contributed by atoms with Gasteiger partial charge in [-0.05, 0) is 44.4 Å². The predicted octanol–water partition coefficient (Wildman–Crippen LogP) is 3.78. The number of hydrogen-bond donors (Lipinski definition) is 2. The molecule has 5 heteroatoms. The van der Waals surface area contributed by atoms with Crippen LogP contribution in [0.4, 0.5) is 4.79 Å². The zero-order valence-corrected chi connectivity index (χ0v) is 13.2. The first-order valence-electron chi connectivity index (χ1n) is 7.36. The van der Waals surface area contributed by atoms with E-state index in [-0.39, 0.29) is 0 Å². The third-order valence-electron chi connectivity index (χ3n) is 3.72. The Bertz CT molecular complexity index is 243. The van der Waals surface area contributed by atoms with Crippen molar-refractivity contribution in [3.63, 3.8) is 0 Å². The van der Waals surface area contributed by atoms with Crippen molar-refractivity contribution < 1.29 is 14.6 Å². The standard InChI is InChI=1S/C14H26BrNO3/c15-9-3-1-2-4-10-19-13-7-5-12(6-8-13)11-16-14(17)18/h12-13,16H,1-11H2,(H,17,18). The van der Waals surface area contributed by atoms with Gasteiger partial charge in [0, 0.05) is 18.5 Å². The molecule has 0 aliphatic heterocycles. The second-order valence-electron chi connectivity index (χ2n) is 5.30. The smallest absolute Gasteiger partial charge is 0.404 e. The normalized spacial score (nSPS) is 23.2. The van der Waals surface area contributed by atoms with Crippen LogP contribution < -0.4 is 5.32 Å². The van der Waals surface area contributed by atoms with Crippen LogP contribution in [0.15, 0.2) is 0 Å². The van der Waals surface area contributed by atoms with Gasteiger partial charge in [0.15, 0.2) is 0 Å². The zero-order chi connectivity index (χ0) is 13.9. The molecule has 1 fully saturated rings. The van der Waals surface area contributed by atoms with E-state index in [2.05, 4.69) is 21.2 Å². The third kappa shape index (κ3) is 8.47. The highest BCUT2D eigenvalue weighted by molar-refractivity contribution is 9.09. The number of hydrogen-bond acceptors (Lipinski definition) is 2. The molecule has 0 aromatic carbocycles. The van der Waals surface area contributed by atoms with Crippen LogP contribution in [0.2, 0.25) is 0 Å². The molecule has 19 heavy (non-hydrogen) atoms. The summed E-state index contributed by atoms with van der Waals surface area (Å²) in [5.74, 6) is 0.495. The molecule has 2 N–H and O–H groups in total. The molecular weight excluding hydrogens is 310 g/mol. The second-order valence-corrected chi connectivity index (χ2v) is 6.10. The number of nitrogens with one attached hydrogen (secondary N) is 1. The summed E-state index contributed by atoms with van der Waals surface area (Å²) >= 11 is 3.44. The lowest BCUT2D eigenvalue weighted by molar-refractivity contribution is 0.0164. The number of amides is 1. The monoisotopic (exact) mass is 335 g/mol. The number of carboxylic acid groups (broad SMARTS) is 1. The van der Waals surface area contributed by atoms with Gasteiger partial charge in [0.2, 0.25) is 0 Å². The molecule has 1 aliphatic carbocycles. The van der Waals surface area contributed by atoms with E-state index in [1.165, 1.54) is 19.3 Å². The van der Waals surface area contributed by atoms with E-state index in [4.69, 9.17) is 9.84 Å². The van der Waals surface area contributed by atoms with E-state index < -0.39 is 6.09 Å². The number of ether oxygens (including phenoxy) is 1. The Balaban J connectivity index is 1.96. The molecule has 1 amide bonds. The predicted molar refractivity (Wildman–Crippen MR) is 80.0 cm³/mol. The van der Waals surface area contributed by atoms with Crippen molar-refractivity contribution in [1.82, 2.24) is 5.32 Å². The fourth-order valence-corrected chi connectivity index (χ4v) is 2.93. The molecule has 0 bridgehead atoms. The Hall–Kier alpha value is -0.290. The van der Waals surface area contributed by atoms with E-state index in [1.807, 2.05) is 0 Å². The van der Waals surface area contributed by atoms with Crippen molar-refractivity contribution in [2.45, 2.75) is 57.5 Å². The van der Waals surface area contributed by atoms with Gasteiger partial charge in [0.25, 0.3) is 0 Å². The van der Waals surface area contributed by atoms with Crippen LogP contribution >= 0.6 is 15.9 Å². The van der Waals surface area contributed by atoms with Gasteiger partial charge in [0.1, 0.15) is 0 Å². The van der Waals surface area contributed by atoms with Gasteiger partial charge in [-0.3, -0.25) is 0 Å². The topological polar surface area (TPSA) is 58.6 Å². The van der Waals surface area contributed by atoms with Crippen LogP contribution in [0, 0.1) is 5.92 Å². The van der Waals surface area contributed by atoms with Gasteiger partial charge in [-0.1, -0.05) is 28.8 Å². The molecule has 0 heterocycles. The van der Waals surface area contributed by atoms with Crippen molar-refractivity contribution in [1.29, 1.82) is 0 Å². The van der Waals surface area contributed by atoms with Crippen LogP contribution in [-0.2, 0) is 4.74 Å². The zero-order valence-electron chi connectivity index (χ0n) is 11.6. The van der Waals surface area contributed by atoms with E-state index in [0.29, 0.717) is 18.6 Å². The van der Waals surface area contributed by atoms with Gasteiger partial charge in [0.05, 0.1) is 6.10 Å². The van der Waals surface area contributed by atoms with Crippen LogP contribution in [0.5, 0.6) is 0 Å². The Morgan fingerprint density at radius 2 is 1.84 bits per heavy atom. The molecule has 0 atom stereocenters. The third-order valence-corrected chi connectivity index (χ3v) is 4.28. The lowest BCUT2D eigenvalue weighted by Gasteiger charge is -2.28. The van der Waals surface area contributed by atoms with Crippen molar-refractivity contribution in [2.24, 2.45) is 5.92 Å². The lowest BCUT2D eigenvalue weighted by atomic mass is 9.87. The van der Waals surface area contributed by atoms with Gasteiger partial charge < -0.3 is 15.2 Å². The average Bonchev–Trinajstić information content (AvgIpc) is 2.41. The van der Waals surface area contributed by atoms with E-state index in [1.54, 1.807) is 0 Å². The molecule has 0 saturated heterocycles. The Kier molecular flexibility index (Phi) is 9.26. The Morgan fingerprint density at radius 3 is 2.47 bits per heavy atom. The minimum absolute atomic E-state index is 0.400. The SMILES string of the molecule is O=C(O)NCC1CCC(OCCCCCCBr)CC1. The summed E-state index contributed by atoms with van der Waals surface area (Å²) in [6, 6.07) is 0. The summed E-state index contributed by atoms with van der Waals surface area (Å²) in [6.07, 6.45) is 8.74. The Labute approximate surface area is 124 Å². The van der Waals surface area contributed by atoms with Crippen LogP contribution in [0.1, 0.15) is 51.4 Å². The molecule has 1 rings (SSSR count). The van der Waals surface area contributed by atoms with Gasteiger partial charge >= 0.3 is 6.09 Å². The quantitative estimate of drug-likeness (QED) is 0.498. The fourth-order valence-electron chi connectivity index (χ4n) is 2.53. The molecule has 112 valence electrons. The van der Waals surface area contributed by atoms with Crippen molar-refractivity contribution in [2.75, 3.05) is 18.5 Å². The maximum Gasteiger partial charge on any atom is 0.404 e. The molecule has 4 nitrogen and oxygen atoms in total. The lowest BCUT2D eigenvalue weighted by Crippen LogP contribution is -2.31. The van der Waals surface area contributed by atoms with Gasteiger partial charge in [-0.2, -0.15) is 0 Å². The molecule has 1 saturated carbocycles. The van der Waals surface area contributed by atoms with Crippen LogP contribution in [-0.4, -0.2) is 35.8 Å². The summed E-state index contributed by atoms with van der Waals surface area (Å²) in [4.78, 5) is 10.4. The van der Waals surface area contributed by atoms with Gasteiger partial charge in [-0.25, -0.2) is 4.79 Å².